The minimum absolute atomic E-state index is 0.0484. The van der Waals surface area contributed by atoms with Crippen molar-refractivity contribution in [3.8, 4) is 11.5 Å². The number of anilines is 1. The highest BCUT2D eigenvalue weighted by atomic mass is 35.5. The second-order valence-corrected chi connectivity index (χ2v) is 9.50. The molecule has 0 bridgehead atoms. The largest absolute Gasteiger partial charge is 0.477 e. The Kier molecular flexibility index (Phi) is 7.85. The van der Waals surface area contributed by atoms with Gasteiger partial charge in [-0.25, -0.2) is 14.8 Å². The van der Waals surface area contributed by atoms with E-state index in [-0.39, 0.29) is 28.0 Å². The number of halogens is 2. The topological polar surface area (TPSA) is 147 Å². The van der Waals surface area contributed by atoms with E-state index in [1.54, 1.807) is 35.0 Å². The Bertz CT molecular complexity index is 1320. The average molecular weight is 556 g/mol. The number of aromatic amines is 1. The number of carbonyl (C=O) groups is 2. The van der Waals surface area contributed by atoms with E-state index in [4.69, 9.17) is 32.8 Å². The maximum Gasteiger partial charge on any atom is 0.348 e. The molecule has 1 atom stereocenters. The lowest BCUT2D eigenvalue weighted by molar-refractivity contribution is 0.0702. The minimum Gasteiger partial charge on any atom is -0.477 e. The summed E-state index contributed by atoms with van der Waals surface area (Å²) >= 11 is 13.3. The number of rotatable bonds is 9. The second kappa shape index (κ2) is 10.9. The van der Waals surface area contributed by atoms with Gasteiger partial charge in [0, 0.05) is 37.9 Å². The summed E-state index contributed by atoms with van der Waals surface area (Å²) < 4.78 is 6.83. The Labute approximate surface area is 219 Å². The Morgan fingerprint density at radius 2 is 2.11 bits per heavy atom. The van der Waals surface area contributed by atoms with Crippen molar-refractivity contribution in [1.82, 2.24) is 30.3 Å². The number of thiazole rings is 1. The van der Waals surface area contributed by atoms with Crippen LogP contribution in [-0.2, 0) is 16.3 Å². The fourth-order valence-corrected chi connectivity index (χ4v) is 5.04. The number of carboxylic acid groups (broad SMARTS) is 1. The maximum absolute atomic E-state index is 12.9. The van der Waals surface area contributed by atoms with Crippen molar-refractivity contribution in [3.05, 3.63) is 50.6 Å². The monoisotopic (exact) mass is 555 g/mol. The standard InChI is InChI=1S/C21H23Cl2N7O5S/c1-10-13(22)14(23)15(25-10)19(31)26-11-4-6-29(8-12(11)28-35-3)21-27-16(17(36-21)20(32)33)18-24-5-7-30(18)9-34-2/h5,7-8,11,25,28H,4,6,9H2,1-3H3,(H,26,31)(H,32,33). The summed E-state index contributed by atoms with van der Waals surface area (Å²) in [5.41, 5.74) is 4.32. The van der Waals surface area contributed by atoms with Crippen LogP contribution >= 0.6 is 34.5 Å². The van der Waals surface area contributed by atoms with E-state index in [0.29, 0.717) is 40.3 Å². The number of aryl methyl sites for hydroxylation is 1. The fraction of sp³-hybridized carbons (Fsp3) is 0.333. The summed E-state index contributed by atoms with van der Waals surface area (Å²) in [6.45, 7) is 2.36. The number of hydrogen-bond donors (Lipinski definition) is 4. The van der Waals surface area contributed by atoms with E-state index in [1.165, 1.54) is 14.2 Å². The van der Waals surface area contributed by atoms with Gasteiger partial charge in [0.1, 0.15) is 23.0 Å². The quantitative estimate of drug-likeness (QED) is 0.292. The SMILES string of the molecule is COCn1ccnc1-c1nc(N2C=C(NOC)C(NC(=O)c3[nH]c(C)c(Cl)c3Cl)CC2)sc1C(=O)O. The number of H-pyrrole nitrogens is 1. The normalized spacial score (nSPS) is 15.6. The molecule has 1 unspecified atom stereocenters. The van der Waals surface area contributed by atoms with Gasteiger partial charge in [-0.2, -0.15) is 0 Å². The third kappa shape index (κ3) is 5.06. The molecule has 1 aliphatic heterocycles. The Morgan fingerprint density at radius 3 is 2.75 bits per heavy atom. The lowest BCUT2D eigenvalue weighted by Gasteiger charge is -2.31. The molecule has 0 spiro atoms. The van der Waals surface area contributed by atoms with Crippen LogP contribution in [0.1, 0.15) is 32.3 Å². The number of methoxy groups -OCH3 is 1. The van der Waals surface area contributed by atoms with Crippen molar-refractivity contribution >= 4 is 51.5 Å². The van der Waals surface area contributed by atoms with Crippen LogP contribution in [0.3, 0.4) is 0 Å². The third-order valence-electron chi connectivity index (χ3n) is 5.39. The van der Waals surface area contributed by atoms with Crippen molar-refractivity contribution in [3.63, 3.8) is 0 Å². The molecule has 0 fully saturated rings. The summed E-state index contributed by atoms with van der Waals surface area (Å²) in [7, 11) is 2.98. The molecule has 3 aromatic heterocycles. The number of aromatic nitrogens is 4. The highest BCUT2D eigenvalue weighted by Gasteiger charge is 2.30. The van der Waals surface area contributed by atoms with Crippen LogP contribution in [-0.4, -0.2) is 63.3 Å². The van der Waals surface area contributed by atoms with Crippen LogP contribution in [0.2, 0.25) is 10.0 Å². The molecule has 1 amide bonds. The third-order valence-corrected chi connectivity index (χ3v) is 7.41. The highest BCUT2D eigenvalue weighted by molar-refractivity contribution is 7.17. The van der Waals surface area contributed by atoms with Crippen LogP contribution in [0, 0.1) is 6.92 Å². The maximum atomic E-state index is 12.9. The van der Waals surface area contributed by atoms with Gasteiger partial charge in [-0.15, -0.1) is 0 Å². The molecule has 0 saturated carbocycles. The number of nitrogens with one attached hydrogen (secondary N) is 3. The number of carbonyl (C=O) groups excluding carboxylic acids is 1. The number of imidazole rings is 1. The van der Waals surface area contributed by atoms with Gasteiger partial charge in [0.05, 0.1) is 28.9 Å². The number of aromatic carboxylic acids is 1. The summed E-state index contributed by atoms with van der Waals surface area (Å²) in [6, 6.07) is -0.439. The highest BCUT2D eigenvalue weighted by Crippen LogP contribution is 2.34. The predicted molar refractivity (Wildman–Crippen MR) is 134 cm³/mol. The van der Waals surface area contributed by atoms with Crippen LogP contribution in [0.5, 0.6) is 0 Å². The van der Waals surface area contributed by atoms with Gasteiger partial charge in [0.2, 0.25) is 0 Å². The van der Waals surface area contributed by atoms with Crippen molar-refractivity contribution in [1.29, 1.82) is 0 Å². The van der Waals surface area contributed by atoms with E-state index < -0.39 is 17.9 Å². The van der Waals surface area contributed by atoms with Gasteiger partial charge in [0.15, 0.2) is 11.0 Å². The van der Waals surface area contributed by atoms with Crippen LogP contribution in [0.15, 0.2) is 24.3 Å². The van der Waals surface area contributed by atoms with E-state index in [0.717, 1.165) is 11.3 Å². The molecule has 0 radical (unpaired) electrons. The first-order valence-corrected chi connectivity index (χ1v) is 12.2. The zero-order valence-electron chi connectivity index (χ0n) is 19.5. The van der Waals surface area contributed by atoms with E-state index >= 15 is 0 Å². The predicted octanol–water partition coefficient (Wildman–Crippen LogP) is 3.25. The first kappa shape index (κ1) is 26.0. The second-order valence-electron chi connectivity index (χ2n) is 7.77. The molecular formula is C21H23Cl2N7O5S. The molecule has 4 N–H and O–H groups in total. The lowest BCUT2D eigenvalue weighted by atomic mass is 10.1. The van der Waals surface area contributed by atoms with E-state index in [9.17, 15) is 14.7 Å². The van der Waals surface area contributed by atoms with Crippen molar-refractivity contribution < 1.29 is 24.3 Å². The molecule has 12 nitrogen and oxygen atoms in total. The minimum atomic E-state index is -1.11. The molecule has 192 valence electrons. The molecule has 15 heteroatoms. The van der Waals surface area contributed by atoms with Crippen molar-refractivity contribution in [2.75, 3.05) is 25.7 Å². The first-order valence-electron chi connectivity index (χ1n) is 10.6. The number of carboxylic acids is 1. The molecule has 4 rings (SSSR count). The average Bonchev–Trinajstić information content (AvgIpc) is 3.55. The van der Waals surface area contributed by atoms with E-state index in [1.807, 2.05) is 0 Å². The number of hydroxylamine groups is 1. The summed E-state index contributed by atoms with van der Waals surface area (Å²) in [5, 5.41) is 13.6. The number of hydrogen-bond acceptors (Lipinski definition) is 9. The van der Waals surface area contributed by atoms with Crippen molar-refractivity contribution in [2.45, 2.75) is 26.1 Å². The van der Waals surface area contributed by atoms with Gasteiger partial charge in [-0.1, -0.05) is 34.5 Å². The van der Waals surface area contributed by atoms with Crippen LogP contribution in [0.25, 0.3) is 11.5 Å². The van der Waals surface area contributed by atoms with Gasteiger partial charge >= 0.3 is 5.97 Å². The van der Waals surface area contributed by atoms with Crippen molar-refractivity contribution in [2.24, 2.45) is 0 Å². The Morgan fingerprint density at radius 1 is 1.33 bits per heavy atom. The Hall–Kier alpha value is -3.10. The van der Waals surface area contributed by atoms with Gasteiger partial charge in [-0.05, 0) is 13.3 Å². The molecule has 0 aromatic carbocycles. The fourth-order valence-electron chi connectivity index (χ4n) is 3.72. The molecule has 4 heterocycles. The number of ether oxygens (including phenoxy) is 1. The smallest absolute Gasteiger partial charge is 0.348 e. The van der Waals surface area contributed by atoms with Gasteiger partial charge in [-0.3, -0.25) is 15.1 Å². The Balaban J connectivity index is 1.61. The zero-order valence-corrected chi connectivity index (χ0v) is 21.8. The molecule has 36 heavy (non-hydrogen) atoms. The summed E-state index contributed by atoms with van der Waals surface area (Å²) in [5.74, 6) is -1.15. The van der Waals surface area contributed by atoms with Crippen LogP contribution < -0.4 is 15.7 Å². The van der Waals surface area contributed by atoms with Gasteiger partial charge in [0.25, 0.3) is 5.91 Å². The molecule has 0 saturated heterocycles. The molecule has 0 aliphatic carbocycles. The zero-order chi connectivity index (χ0) is 26.0. The number of nitrogens with zero attached hydrogens (tertiary/aromatic N) is 4. The molecule has 1 aliphatic rings. The number of amides is 1. The van der Waals surface area contributed by atoms with E-state index in [2.05, 4.69) is 25.7 Å². The molecular weight excluding hydrogens is 533 g/mol. The van der Waals surface area contributed by atoms with Crippen LogP contribution in [0.4, 0.5) is 5.13 Å². The lowest BCUT2D eigenvalue weighted by Crippen LogP contribution is -2.45. The summed E-state index contributed by atoms with van der Waals surface area (Å²) in [6.07, 6.45) is 5.42. The summed E-state index contributed by atoms with van der Waals surface area (Å²) in [4.78, 5) is 43.5. The van der Waals surface area contributed by atoms with Gasteiger partial charge < -0.3 is 29.6 Å². The first-order chi connectivity index (χ1) is 17.2. The molecule has 3 aromatic rings.